The number of nitrogens with zero attached hydrogens (tertiary/aromatic N) is 3. The van der Waals surface area contributed by atoms with Crippen molar-refractivity contribution < 1.29 is 14.6 Å². The Morgan fingerprint density at radius 2 is 1.82 bits per heavy atom. The van der Waals surface area contributed by atoms with Crippen LogP contribution in [0, 0.1) is 19.8 Å². The number of carbonyl (C=O) groups is 1. The van der Waals surface area contributed by atoms with Crippen LogP contribution < -0.4 is 4.74 Å². The van der Waals surface area contributed by atoms with E-state index in [0.29, 0.717) is 18.8 Å². The highest BCUT2D eigenvalue weighted by molar-refractivity contribution is 5.76. The Labute approximate surface area is 198 Å². The summed E-state index contributed by atoms with van der Waals surface area (Å²) in [7, 11) is 0. The maximum absolute atomic E-state index is 11.1. The minimum atomic E-state index is -0.749. The van der Waals surface area contributed by atoms with Gasteiger partial charge in [0.15, 0.2) is 0 Å². The summed E-state index contributed by atoms with van der Waals surface area (Å²) >= 11 is 0. The van der Waals surface area contributed by atoms with Gasteiger partial charge in [0.05, 0.1) is 24.0 Å². The largest absolute Gasteiger partial charge is 0.487 e. The molecule has 5 rings (SSSR count). The fourth-order valence-corrected chi connectivity index (χ4v) is 4.49. The molecule has 0 bridgehead atoms. The van der Waals surface area contributed by atoms with Gasteiger partial charge in [-0.2, -0.15) is 0 Å². The Morgan fingerprint density at radius 1 is 1.00 bits per heavy atom. The van der Waals surface area contributed by atoms with Gasteiger partial charge in [-0.25, -0.2) is 0 Å². The smallest absolute Gasteiger partial charge is 0.307 e. The van der Waals surface area contributed by atoms with Gasteiger partial charge in [-0.15, -0.1) is 0 Å². The molecule has 0 saturated heterocycles. The van der Waals surface area contributed by atoms with Crippen molar-refractivity contribution in [1.82, 2.24) is 15.0 Å². The monoisotopic (exact) mass is 451 g/mol. The molecule has 0 spiro atoms. The van der Waals surface area contributed by atoms with Crippen LogP contribution in [0.1, 0.15) is 34.7 Å². The highest BCUT2D eigenvalue weighted by Crippen LogP contribution is 2.46. The lowest BCUT2D eigenvalue weighted by Gasteiger charge is -2.14. The molecule has 2 aromatic heterocycles. The van der Waals surface area contributed by atoms with Crippen molar-refractivity contribution in [3.05, 3.63) is 95.7 Å². The van der Waals surface area contributed by atoms with Gasteiger partial charge in [-0.05, 0) is 78.4 Å². The first-order valence-electron chi connectivity index (χ1n) is 11.3. The van der Waals surface area contributed by atoms with Crippen LogP contribution in [-0.4, -0.2) is 26.0 Å². The van der Waals surface area contributed by atoms with Gasteiger partial charge in [0.2, 0.25) is 0 Å². The van der Waals surface area contributed by atoms with E-state index in [9.17, 15) is 4.79 Å². The Kier molecular flexibility index (Phi) is 5.80. The maximum atomic E-state index is 11.1. The predicted octanol–water partition coefficient (Wildman–Crippen LogP) is 5.59. The van der Waals surface area contributed by atoms with Crippen molar-refractivity contribution >= 4 is 5.97 Å². The second kappa shape index (κ2) is 9.06. The molecular formula is C28H25N3O3. The first-order valence-corrected chi connectivity index (χ1v) is 11.3. The van der Waals surface area contributed by atoms with E-state index >= 15 is 0 Å². The van der Waals surface area contributed by atoms with Gasteiger partial charge >= 0.3 is 5.97 Å². The zero-order chi connectivity index (χ0) is 23.7. The fraction of sp³-hybridized carbons (Fsp3) is 0.214. The Morgan fingerprint density at radius 3 is 2.47 bits per heavy atom. The first kappa shape index (κ1) is 21.8. The molecule has 0 aliphatic heterocycles. The summed E-state index contributed by atoms with van der Waals surface area (Å²) in [5.41, 5.74) is 8.51. The Bertz CT molecular complexity index is 1310. The highest BCUT2D eigenvalue weighted by atomic mass is 16.5. The van der Waals surface area contributed by atoms with Gasteiger partial charge in [0.25, 0.3) is 0 Å². The molecular weight excluding hydrogens is 426 g/mol. The molecule has 1 aliphatic carbocycles. The molecule has 2 heterocycles. The van der Waals surface area contributed by atoms with Crippen molar-refractivity contribution in [2.75, 3.05) is 0 Å². The van der Waals surface area contributed by atoms with E-state index < -0.39 is 5.97 Å². The quantitative estimate of drug-likeness (QED) is 0.394. The van der Waals surface area contributed by atoms with Gasteiger partial charge < -0.3 is 9.84 Å². The second-order valence-corrected chi connectivity index (χ2v) is 8.77. The molecule has 4 aromatic rings. The SMILES string of the molecule is Cc1cc(-c2cnccn2)cc(C)c1-c1cccc(COc2ccc([C@@H]3C[C@H]3C(=O)O)nc2)c1. The number of ether oxygens (including phenoxy) is 1. The summed E-state index contributed by atoms with van der Waals surface area (Å²) in [5, 5.41) is 9.10. The number of rotatable bonds is 7. The zero-order valence-corrected chi connectivity index (χ0v) is 19.1. The number of benzene rings is 2. The molecule has 6 nitrogen and oxygen atoms in total. The van der Waals surface area contributed by atoms with E-state index in [1.54, 1.807) is 24.8 Å². The van der Waals surface area contributed by atoms with E-state index in [0.717, 1.165) is 28.1 Å². The fourth-order valence-electron chi connectivity index (χ4n) is 4.49. The van der Waals surface area contributed by atoms with Crippen LogP contribution in [0.2, 0.25) is 0 Å². The third-order valence-electron chi connectivity index (χ3n) is 6.26. The lowest BCUT2D eigenvalue weighted by Crippen LogP contribution is -2.00. The van der Waals surface area contributed by atoms with Crippen LogP contribution in [-0.2, 0) is 11.4 Å². The number of pyridine rings is 1. The summed E-state index contributed by atoms with van der Waals surface area (Å²) in [5.74, 6) is -0.359. The van der Waals surface area contributed by atoms with E-state index in [4.69, 9.17) is 9.84 Å². The van der Waals surface area contributed by atoms with E-state index in [1.165, 1.54) is 16.7 Å². The molecule has 1 aliphatic rings. The minimum Gasteiger partial charge on any atom is -0.487 e. The standard InChI is InChI=1S/C28H25N3O3/c1-17-10-21(26-15-29-8-9-30-26)11-18(2)27(17)20-5-3-4-19(12-20)16-34-22-6-7-25(31-14-22)23-13-24(23)28(32)33/h3-12,14-15,23-24H,13,16H2,1-2H3,(H,32,33)/t23-,24-/m1/s1. The number of aryl methyl sites for hydroxylation is 2. The van der Waals surface area contributed by atoms with E-state index in [1.807, 2.05) is 24.3 Å². The lowest BCUT2D eigenvalue weighted by molar-refractivity contribution is -0.138. The predicted molar refractivity (Wildman–Crippen MR) is 129 cm³/mol. The maximum Gasteiger partial charge on any atom is 0.307 e. The van der Waals surface area contributed by atoms with Crippen LogP contribution in [0.5, 0.6) is 5.75 Å². The van der Waals surface area contributed by atoms with Crippen LogP contribution in [0.25, 0.3) is 22.4 Å². The summed E-state index contributed by atoms with van der Waals surface area (Å²) in [6.07, 6.45) is 7.50. The van der Waals surface area contributed by atoms with E-state index in [2.05, 4.69) is 53.1 Å². The third-order valence-corrected chi connectivity index (χ3v) is 6.26. The third kappa shape index (κ3) is 4.53. The van der Waals surface area contributed by atoms with Crippen molar-refractivity contribution in [2.45, 2.75) is 32.8 Å². The lowest BCUT2D eigenvalue weighted by atomic mass is 9.92. The number of hydrogen-bond acceptors (Lipinski definition) is 5. The molecule has 0 unspecified atom stereocenters. The van der Waals surface area contributed by atoms with Crippen molar-refractivity contribution in [3.8, 4) is 28.1 Å². The summed E-state index contributed by atoms with van der Waals surface area (Å²) < 4.78 is 5.96. The van der Waals surface area contributed by atoms with Crippen LogP contribution in [0.15, 0.2) is 73.3 Å². The minimum absolute atomic E-state index is 0.0232. The molecule has 6 heteroatoms. The number of aromatic nitrogens is 3. The van der Waals surface area contributed by atoms with Crippen LogP contribution in [0.4, 0.5) is 0 Å². The molecule has 2 atom stereocenters. The number of carboxylic acids is 1. The molecule has 2 aromatic carbocycles. The summed E-state index contributed by atoms with van der Waals surface area (Å²) in [4.78, 5) is 24.1. The zero-order valence-electron chi connectivity index (χ0n) is 19.1. The first-order chi connectivity index (χ1) is 16.5. The van der Waals surface area contributed by atoms with Gasteiger partial charge in [-0.1, -0.05) is 18.2 Å². The van der Waals surface area contributed by atoms with Gasteiger partial charge in [0, 0.05) is 29.6 Å². The topological polar surface area (TPSA) is 85.2 Å². The molecule has 170 valence electrons. The second-order valence-electron chi connectivity index (χ2n) is 8.77. The van der Waals surface area contributed by atoms with Gasteiger partial charge in [0.1, 0.15) is 12.4 Å². The number of aliphatic carboxylic acids is 1. The molecule has 1 N–H and O–H groups in total. The number of carboxylic acid groups (broad SMARTS) is 1. The van der Waals surface area contributed by atoms with Crippen molar-refractivity contribution in [1.29, 1.82) is 0 Å². The van der Waals surface area contributed by atoms with Crippen molar-refractivity contribution in [3.63, 3.8) is 0 Å². The van der Waals surface area contributed by atoms with Gasteiger partial charge in [-0.3, -0.25) is 19.7 Å². The molecule has 0 radical (unpaired) electrons. The molecule has 1 saturated carbocycles. The van der Waals surface area contributed by atoms with E-state index in [-0.39, 0.29) is 11.8 Å². The normalized spacial score (nSPS) is 16.8. The highest BCUT2D eigenvalue weighted by Gasteiger charge is 2.45. The van der Waals surface area contributed by atoms with Crippen LogP contribution in [0.3, 0.4) is 0 Å². The number of hydrogen-bond donors (Lipinski definition) is 1. The molecule has 1 fully saturated rings. The summed E-state index contributed by atoms with van der Waals surface area (Å²) in [6.45, 7) is 4.66. The Balaban J connectivity index is 1.30. The Hall–Kier alpha value is -4.06. The molecule has 34 heavy (non-hydrogen) atoms. The van der Waals surface area contributed by atoms with Crippen molar-refractivity contribution in [2.24, 2.45) is 5.92 Å². The van der Waals surface area contributed by atoms with Crippen LogP contribution >= 0.6 is 0 Å². The average molecular weight is 452 g/mol. The summed E-state index contributed by atoms with van der Waals surface area (Å²) in [6, 6.07) is 16.4. The average Bonchev–Trinajstić information content (AvgIpc) is 3.65. The molecule has 0 amide bonds.